The van der Waals surface area contributed by atoms with Crippen molar-refractivity contribution in [1.82, 2.24) is 24.0 Å². The quantitative estimate of drug-likeness (QED) is 0.838. The first-order valence-corrected chi connectivity index (χ1v) is 7.11. The molecule has 2 rings (SSSR count). The highest BCUT2D eigenvalue weighted by atomic mass is 16.6. The van der Waals surface area contributed by atoms with Gasteiger partial charge in [0.15, 0.2) is 11.2 Å². The van der Waals surface area contributed by atoms with Gasteiger partial charge in [0.25, 0.3) is 5.56 Å². The van der Waals surface area contributed by atoms with Crippen LogP contribution in [0, 0.1) is 0 Å². The first-order valence-electron chi connectivity index (χ1n) is 7.11. The summed E-state index contributed by atoms with van der Waals surface area (Å²) in [5, 5.41) is 2.58. The van der Waals surface area contributed by atoms with E-state index in [2.05, 4.69) is 10.3 Å². The fourth-order valence-corrected chi connectivity index (χ4v) is 2.19. The Morgan fingerprint density at radius 3 is 2.30 bits per heavy atom. The van der Waals surface area contributed by atoms with Gasteiger partial charge in [-0.3, -0.25) is 13.9 Å². The molecule has 1 amide bonds. The highest BCUT2D eigenvalue weighted by Gasteiger charge is 2.19. The Bertz CT molecular complexity index is 882. The number of nitrogens with one attached hydrogen (secondary N) is 1. The highest BCUT2D eigenvalue weighted by molar-refractivity contribution is 5.71. The highest BCUT2D eigenvalue weighted by Crippen LogP contribution is 2.10. The fourth-order valence-electron chi connectivity index (χ4n) is 2.19. The molecule has 9 heteroatoms. The number of hydrogen-bond acceptors (Lipinski definition) is 5. The Labute approximate surface area is 132 Å². The van der Waals surface area contributed by atoms with Crippen LogP contribution in [-0.4, -0.2) is 30.4 Å². The number of carbonyl (C=O) groups is 1. The van der Waals surface area contributed by atoms with Gasteiger partial charge in [0.2, 0.25) is 0 Å². The molecule has 2 aromatic rings. The number of alkyl carbamates (subject to hydrolysis) is 1. The van der Waals surface area contributed by atoms with Crippen molar-refractivity contribution in [2.24, 2.45) is 21.1 Å². The van der Waals surface area contributed by atoms with Crippen molar-refractivity contribution in [3.63, 3.8) is 0 Å². The second-order valence-corrected chi connectivity index (χ2v) is 6.32. The molecule has 0 unspecified atom stereocenters. The summed E-state index contributed by atoms with van der Waals surface area (Å²) in [6, 6.07) is 0. The van der Waals surface area contributed by atoms with Crippen LogP contribution in [0.3, 0.4) is 0 Å². The third-order valence-corrected chi connectivity index (χ3v) is 3.36. The number of ether oxygens (including phenoxy) is 1. The van der Waals surface area contributed by atoms with Crippen LogP contribution < -0.4 is 16.6 Å². The normalized spacial score (nSPS) is 11.7. The van der Waals surface area contributed by atoms with Gasteiger partial charge in [-0.2, -0.15) is 0 Å². The average molecular weight is 323 g/mol. The average Bonchev–Trinajstić information content (AvgIpc) is 2.76. The van der Waals surface area contributed by atoms with Crippen LogP contribution in [0.5, 0.6) is 0 Å². The summed E-state index contributed by atoms with van der Waals surface area (Å²) in [4.78, 5) is 40.2. The maximum atomic E-state index is 12.2. The second kappa shape index (κ2) is 5.56. The maximum absolute atomic E-state index is 12.2. The van der Waals surface area contributed by atoms with Gasteiger partial charge in [-0.15, -0.1) is 0 Å². The number of rotatable bonds is 2. The van der Waals surface area contributed by atoms with Crippen LogP contribution in [0.25, 0.3) is 11.2 Å². The summed E-state index contributed by atoms with van der Waals surface area (Å²) in [5.74, 6) is 0.448. The van der Waals surface area contributed by atoms with Crippen molar-refractivity contribution in [2.45, 2.75) is 32.9 Å². The first-order chi connectivity index (χ1) is 10.5. The van der Waals surface area contributed by atoms with Crippen molar-refractivity contribution in [3.05, 3.63) is 26.7 Å². The van der Waals surface area contributed by atoms with Crippen LogP contribution in [-0.2, 0) is 32.4 Å². The SMILES string of the molecule is Cn1c(=O)c2c(nc(CNC(=O)OC(C)(C)C)n2C)n(C)c1=O. The maximum Gasteiger partial charge on any atom is 0.408 e. The lowest BCUT2D eigenvalue weighted by atomic mass is 10.2. The van der Waals surface area contributed by atoms with E-state index in [1.165, 1.54) is 11.6 Å². The van der Waals surface area contributed by atoms with Gasteiger partial charge in [-0.25, -0.2) is 14.6 Å². The van der Waals surface area contributed by atoms with E-state index in [1.54, 1.807) is 39.4 Å². The summed E-state index contributed by atoms with van der Waals surface area (Å²) in [7, 11) is 4.62. The Hall–Kier alpha value is -2.58. The van der Waals surface area contributed by atoms with Gasteiger partial charge in [-0.1, -0.05) is 0 Å². The van der Waals surface area contributed by atoms with E-state index in [1.807, 2.05) is 0 Å². The van der Waals surface area contributed by atoms with Crippen LogP contribution >= 0.6 is 0 Å². The Morgan fingerprint density at radius 2 is 1.74 bits per heavy atom. The van der Waals surface area contributed by atoms with Gasteiger partial charge in [0.1, 0.15) is 11.4 Å². The second-order valence-electron chi connectivity index (χ2n) is 6.32. The van der Waals surface area contributed by atoms with Crippen LogP contribution in [0.1, 0.15) is 26.6 Å². The van der Waals surface area contributed by atoms with E-state index in [4.69, 9.17) is 4.74 Å². The van der Waals surface area contributed by atoms with E-state index >= 15 is 0 Å². The van der Waals surface area contributed by atoms with Gasteiger partial charge in [-0.05, 0) is 20.8 Å². The van der Waals surface area contributed by atoms with Crippen LogP contribution in [0.4, 0.5) is 4.79 Å². The number of amides is 1. The molecule has 0 aliphatic heterocycles. The minimum atomic E-state index is -0.601. The number of nitrogens with zero attached hydrogens (tertiary/aromatic N) is 4. The molecule has 9 nitrogen and oxygen atoms in total. The van der Waals surface area contributed by atoms with E-state index in [0.717, 1.165) is 4.57 Å². The topological polar surface area (TPSA) is 100 Å². The molecule has 0 saturated heterocycles. The third kappa shape index (κ3) is 3.13. The molecule has 0 spiro atoms. The largest absolute Gasteiger partial charge is 0.444 e. The number of aromatic nitrogens is 4. The fraction of sp³-hybridized carbons (Fsp3) is 0.571. The molecule has 0 bridgehead atoms. The Balaban J connectivity index is 2.37. The standard InChI is InChI=1S/C14H21N5O4/c1-14(2,3)23-12(21)15-7-8-16-10-9(17(8)4)11(20)19(6)13(22)18(10)5/h7H2,1-6H3,(H,15,21). The molecule has 2 aromatic heterocycles. The van der Waals surface area contributed by atoms with Crippen molar-refractivity contribution in [1.29, 1.82) is 0 Å². The first kappa shape index (κ1) is 16.8. The van der Waals surface area contributed by atoms with Gasteiger partial charge >= 0.3 is 11.8 Å². The zero-order chi connectivity index (χ0) is 17.5. The monoisotopic (exact) mass is 323 g/mol. The van der Waals surface area contributed by atoms with E-state index < -0.39 is 22.9 Å². The number of carbonyl (C=O) groups excluding carboxylic acids is 1. The molecule has 0 fully saturated rings. The molecule has 1 N–H and O–H groups in total. The van der Waals surface area contributed by atoms with Crippen molar-refractivity contribution in [3.8, 4) is 0 Å². The van der Waals surface area contributed by atoms with Crippen molar-refractivity contribution >= 4 is 17.3 Å². The molecular formula is C14H21N5O4. The molecule has 2 heterocycles. The number of aryl methyl sites for hydroxylation is 2. The number of imidazole rings is 1. The molecule has 23 heavy (non-hydrogen) atoms. The number of hydrogen-bond donors (Lipinski definition) is 1. The van der Waals surface area contributed by atoms with E-state index in [0.29, 0.717) is 11.3 Å². The summed E-state index contributed by atoms with van der Waals surface area (Å²) in [5.41, 5.74) is -0.901. The molecule has 0 aromatic carbocycles. The van der Waals surface area contributed by atoms with Crippen LogP contribution in [0.2, 0.25) is 0 Å². The van der Waals surface area contributed by atoms with E-state index in [-0.39, 0.29) is 12.2 Å². The predicted octanol–water partition coefficient (Wildman–Crippen LogP) is -0.00460. The van der Waals surface area contributed by atoms with Gasteiger partial charge < -0.3 is 14.6 Å². The minimum absolute atomic E-state index is 0.0808. The summed E-state index contributed by atoms with van der Waals surface area (Å²) in [6.07, 6.45) is -0.577. The summed E-state index contributed by atoms with van der Waals surface area (Å²) in [6.45, 7) is 5.38. The van der Waals surface area contributed by atoms with Crippen LogP contribution in [0.15, 0.2) is 9.59 Å². The molecule has 0 saturated carbocycles. The van der Waals surface area contributed by atoms with Crippen molar-refractivity contribution in [2.75, 3.05) is 0 Å². The van der Waals surface area contributed by atoms with E-state index in [9.17, 15) is 14.4 Å². The predicted molar refractivity (Wildman–Crippen MR) is 84.3 cm³/mol. The lowest BCUT2D eigenvalue weighted by Crippen LogP contribution is -2.37. The zero-order valence-electron chi connectivity index (χ0n) is 14.1. The van der Waals surface area contributed by atoms with Gasteiger partial charge in [0, 0.05) is 21.1 Å². The Morgan fingerprint density at radius 1 is 1.13 bits per heavy atom. The minimum Gasteiger partial charge on any atom is -0.444 e. The zero-order valence-corrected chi connectivity index (χ0v) is 14.1. The summed E-state index contributed by atoms with van der Waals surface area (Å²) < 4.78 is 9.04. The lowest BCUT2D eigenvalue weighted by molar-refractivity contribution is 0.0522. The molecule has 0 radical (unpaired) electrons. The molecule has 0 aliphatic rings. The third-order valence-electron chi connectivity index (χ3n) is 3.36. The molecule has 0 atom stereocenters. The molecule has 126 valence electrons. The number of fused-ring (bicyclic) bond motifs is 1. The summed E-state index contributed by atoms with van der Waals surface area (Å²) >= 11 is 0. The Kier molecular flexibility index (Phi) is 4.06. The smallest absolute Gasteiger partial charge is 0.408 e. The van der Waals surface area contributed by atoms with Gasteiger partial charge in [0.05, 0.1) is 6.54 Å². The molecule has 0 aliphatic carbocycles. The lowest BCUT2D eigenvalue weighted by Gasteiger charge is -2.19. The van der Waals surface area contributed by atoms with Crippen molar-refractivity contribution < 1.29 is 9.53 Å². The molecular weight excluding hydrogens is 302 g/mol.